The molecule has 7 heteroatoms. The van der Waals surface area contributed by atoms with Crippen LogP contribution in [0.25, 0.3) is 10.8 Å². The standard InChI is InChI=1S/C25H28O6S/c1-4-5-24(17(2)3)18-6-10-21(11-7-18)30-16-25(26)31-22-12-8-20-15-23(32(27,28)29)13-9-19(20)14-22/h6-15,17,24H,4-5,16H2,1-3H3,(H,27,28,29). The molecule has 32 heavy (non-hydrogen) atoms. The minimum atomic E-state index is -4.27. The Morgan fingerprint density at radius 3 is 2.19 bits per heavy atom. The number of benzene rings is 3. The highest BCUT2D eigenvalue weighted by Gasteiger charge is 2.15. The molecule has 0 aliphatic rings. The first-order valence-electron chi connectivity index (χ1n) is 10.6. The van der Waals surface area contributed by atoms with E-state index in [9.17, 15) is 13.2 Å². The average molecular weight is 457 g/mol. The normalized spacial score (nSPS) is 12.7. The second-order valence-corrected chi connectivity index (χ2v) is 9.54. The summed E-state index contributed by atoms with van der Waals surface area (Å²) in [7, 11) is -4.27. The van der Waals surface area contributed by atoms with Gasteiger partial charge < -0.3 is 9.47 Å². The summed E-state index contributed by atoms with van der Waals surface area (Å²) in [4.78, 5) is 12.0. The molecule has 0 amide bonds. The lowest BCUT2D eigenvalue weighted by atomic mass is 9.85. The average Bonchev–Trinajstić information content (AvgIpc) is 2.75. The SMILES string of the molecule is CCCC(c1ccc(OCC(=O)Oc2ccc3cc(S(=O)(=O)O)ccc3c2)cc1)C(C)C. The van der Waals surface area contributed by atoms with Crippen molar-refractivity contribution < 1.29 is 27.2 Å². The molecular formula is C25H28O6S. The van der Waals surface area contributed by atoms with Crippen LogP contribution in [0.3, 0.4) is 0 Å². The Morgan fingerprint density at radius 2 is 1.56 bits per heavy atom. The van der Waals surface area contributed by atoms with Crippen molar-refractivity contribution in [3.8, 4) is 11.5 Å². The Morgan fingerprint density at radius 1 is 0.938 bits per heavy atom. The number of esters is 1. The van der Waals surface area contributed by atoms with Gasteiger partial charge in [-0.1, -0.05) is 51.5 Å². The van der Waals surface area contributed by atoms with Crippen molar-refractivity contribution in [2.45, 2.75) is 44.4 Å². The van der Waals surface area contributed by atoms with E-state index in [0.29, 0.717) is 34.1 Å². The monoisotopic (exact) mass is 456 g/mol. The Labute approximate surface area is 188 Å². The van der Waals surface area contributed by atoms with E-state index < -0.39 is 16.1 Å². The zero-order valence-electron chi connectivity index (χ0n) is 18.4. The Balaban J connectivity index is 1.60. The van der Waals surface area contributed by atoms with Crippen LogP contribution in [0.2, 0.25) is 0 Å². The molecule has 0 bridgehead atoms. The van der Waals surface area contributed by atoms with Gasteiger partial charge in [0, 0.05) is 0 Å². The molecule has 0 heterocycles. The van der Waals surface area contributed by atoms with Crippen LogP contribution < -0.4 is 9.47 Å². The summed E-state index contributed by atoms with van der Waals surface area (Å²) in [6.45, 7) is 6.40. The zero-order chi connectivity index (χ0) is 23.3. The fourth-order valence-corrected chi connectivity index (χ4v) is 4.25. The second kappa shape index (κ2) is 10.1. The van der Waals surface area contributed by atoms with E-state index in [4.69, 9.17) is 14.0 Å². The third kappa shape index (κ3) is 6.08. The summed E-state index contributed by atoms with van der Waals surface area (Å²) in [6, 6.07) is 16.8. The summed E-state index contributed by atoms with van der Waals surface area (Å²) in [6.07, 6.45) is 2.26. The molecule has 3 aromatic rings. The molecule has 0 saturated carbocycles. The third-order valence-corrected chi connectivity index (χ3v) is 6.23. The van der Waals surface area contributed by atoms with E-state index in [-0.39, 0.29) is 11.5 Å². The molecule has 0 spiro atoms. The van der Waals surface area contributed by atoms with E-state index in [1.165, 1.54) is 23.8 Å². The van der Waals surface area contributed by atoms with Crippen LogP contribution in [0, 0.1) is 5.92 Å². The molecule has 0 aliphatic carbocycles. The number of rotatable bonds is 9. The zero-order valence-corrected chi connectivity index (χ0v) is 19.3. The van der Waals surface area contributed by atoms with Gasteiger partial charge in [-0.15, -0.1) is 0 Å². The molecule has 3 aromatic carbocycles. The predicted octanol–water partition coefficient (Wildman–Crippen LogP) is 5.61. The van der Waals surface area contributed by atoms with Crippen LogP contribution in [0.1, 0.15) is 45.1 Å². The van der Waals surface area contributed by atoms with Crippen LogP contribution in [-0.2, 0) is 14.9 Å². The summed E-state index contributed by atoms with van der Waals surface area (Å²) in [5.41, 5.74) is 1.27. The highest BCUT2D eigenvalue weighted by atomic mass is 32.2. The van der Waals surface area contributed by atoms with Crippen molar-refractivity contribution in [3.63, 3.8) is 0 Å². The minimum absolute atomic E-state index is 0.191. The smallest absolute Gasteiger partial charge is 0.349 e. The molecule has 0 aliphatic heterocycles. The molecule has 3 rings (SSSR count). The minimum Gasteiger partial charge on any atom is -0.482 e. The van der Waals surface area contributed by atoms with Crippen LogP contribution in [0.15, 0.2) is 65.6 Å². The van der Waals surface area contributed by atoms with Crippen molar-refractivity contribution in [2.75, 3.05) is 6.61 Å². The van der Waals surface area contributed by atoms with Gasteiger partial charge >= 0.3 is 5.97 Å². The number of carbonyl (C=O) groups is 1. The molecule has 170 valence electrons. The van der Waals surface area contributed by atoms with E-state index in [2.05, 4.69) is 20.8 Å². The maximum absolute atomic E-state index is 12.2. The first-order valence-corrected chi connectivity index (χ1v) is 12.1. The lowest BCUT2D eigenvalue weighted by Crippen LogP contribution is -2.17. The van der Waals surface area contributed by atoms with Gasteiger partial charge in [0.1, 0.15) is 11.5 Å². The number of carbonyl (C=O) groups excluding carboxylic acids is 1. The molecular weight excluding hydrogens is 428 g/mol. The highest BCUT2D eigenvalue weighted by Crippen LogP contribution is 2.30. The number of hydrogen-bond donors (Lipinski definition) is 1. The Hall–Kier alpha value is -2.90. The van der Waals surface area contributed by atoms with Crippen molar-refractivity contribution in [1.82, 2.24) is 0 Å². The number of hydrogen-bond acceptors (Lipinski definition) is 5. The lowest BCUT2D eigenvalue weighted by molar-refractivity contribution is -0.136. The van der Waals surface area contributed by atoms with Gasteiger partial charge in [0.05, 0.1) is 4.90 Å². The molecule has 1 atom stereocenters. The largest absolute Gasteiger partial charge is 0.482 e. The molecule has 0 radical (unpaired) electrons. The van der Waals surface area contributed by atoms with Gasteiger partial charge in [-0.05, 0) is 71.0 Å². The van der Waals surface area contributed by atoms with Crippen molar-refractivity contribution in [2.24, 2.45) is 5.92 Å². The molecule has 1 unspecified atom stereocenters. The van der Waals surface area contributed by atoms with Crippen LogP contribution >= 0.6 is 0 Å². The van der Waals surface area contributed by atoms with Gasteiger partial charge in [0.15, 0.2) is 6.61 Å². The second-order valence-electron chi connectivity index (χ2n) is 8.12. The Kier molecular flexibility index (Phi) is 7.53. The van der Waals surface area contributed by atoms with Crippen molar-refractivity contribution in [1.29, 1.82) is 0 Å². The summed E-state index contributed by atoms with van der Waals surface area (Å²) in [5, 5.41) is 1.27. The van der Waals surface area contributed by atoms with Gasteiger partial charge in [0.2, 0.25) is 0 Å². The molecule has 6 nitrogen and oxygen atoms in total. The molecule has 0 saturated heterocycles. The van der Waals surface area contributed by atoms with Gasteiger partial charge in [0.25, 0.3) is 10.1 Å². The fraction of sp³-hybridized carbons (Fsp3) is 0.320. The van der Waals surface area contributed by atoms with Crippen LogP contribution in [-0.4, -0.2) is 25.5 Å². The van der Waals surface area contributed by atoms with Crippen molar-refractivity contribution >= 4 is 26.9 Å². The predicted molar refractivity (Wildman–Crippen MR) is 124 cm³/mol. The molecule has 0 aromatic heterocycles. The van der Waals surface area contributed by atoms with E-state index in [1.807, 2.05) is 24.3 Å². The highest BCUT2D eigenvalue weighted by molar-refractivity contribution is 7.85. The first kappa shape index (κ1) is 23.8. The number of ether oxygens (including phenoxy) is 2. The summed E-state index contributed by atoms with van der Waals surface area (Å²) >= 11 is 0. The maximum atomic E-state index is 12.2. The van der Waals surface area contributed by atoms with Crippen LogP contribution in [0.5, 0.6) is 11.5 Å². The van der Waals surface area contributed by atoms with Gasteiger partial charge in [-0.3, -0.25) is 4.55 Å². The third-order valence-electron chi connectivity index (χ3n) is 5.38. The molecule has 1 N–H and O–H groups in total. The van der Waals surface area contributed by atoms with Gasteiger partial charge in [-0.2, -0.15) is 8.42 Å². The van der Waals surface area contributed by atoms with Crippen LogP contribution in [0.4, 0.5) is 0 Å². The summed E-state index contributed by atoms with van der Waals surface area (Å²) in [5.74, 6) is 1.43. The lowest BCUT2D eigenvalue weighted by Gasteiger charge is -2.21. The van der Waals surface area contributed by atoms with E-state index in [0.717, 1.165) is 12.8 Å². The van der Waals surface area contributed by atoms with Gasteiger partial charge in [-0.25, -0.2) is 4.79 Å². The van der Waals surface area contributed by atoms with Crippen molar-refractivity contribution in [3.05, 3.63) is 66.2 Å². The summed E-state index contributed by atoms with van der Waals surface area (Å²) < 4.78 is 42.6. The maximum Gasteiger partial charge on any atom is 0.349 e. The number of fused-ring (bicyclic) bond motifs is 1. The fourth-order valence-electron chi connectivity index (χ4n) is 3.74. The van der Waals surface area contributed by atoms with E-state index in [1.54, 1.807) is 18.2 Å². The first-order chi connectivity index (χ1) is 15.2. The van der Waals surface area contributed by atoms with E-state index >= 15 is 0 Å². The molecule has 0 fully saturated rings. The topological polar surface area (TPSA) is 89.9 Å². The quantitative estimate of drug-likeness (QED) is 0.256. The Bertz CT molecular complexity index is 1180.